The number of benzene rings is 1. The molecule has 2 aromatic rings. The maximum atomic E-state index is 14.2. The van der Waals surface area contributed by atoms with Gasteiger partial charge in [0.25, 0.3) is 0 Å². The first kappa shape index (κ1) is 19.3. The Morgan fingerprint density at radius 3 is 2.92 bits per heavy atom. The van der Waals surface area contributed by atoms with Crippen molar-refractivity contribution in [2.75, 3.05) is 13.1 Å². The molecule has 0 spiro atoms. The predicted molar refractivity (Wildman–Crippen MR) is 92.9 cm³/mol. The maximum absolute atomic E-state index is 14.2. The molecule has 1 aromatic carbocycles. The van der Waals surface area contributed by atoms with Crippen molar-refractivity contribution in [3.8, 4) is 0 Å². The number of rotatable bonds is 6. The van der Waals surface area contributed by atoms with Gasteiger partial charge in [0.15, 0.2) is 5.82 Å². The molecule has 8 heteroatoms. The summed E-state index contributed by atoms with van der Waals surface area (Å²) in [5.41, 5.74) is 0.328. The molecular weight excluding hydrogens is 347 g/mol. The zero-order valence-electron chi connectivity index (χ0n) is 14.0. The Kier molecular flexibility index (Phi) is 6.90. The first-order valence-corrected chi connectivity index (χ1v) is 8.18. The highest BCUT2D eigenvalue weighted by Gasteiger charge is 2.25. The molecule has 0 bridgehead atoms. The van der Waals surface area contributed by atoms with Crippen LogP contribution in [0.1, 0.15) is 42.6 Å². The summed E-state index contributed by atoms with van der Waals surface area (Å²) >= 11 is 0. The Balaban J connectivity index is 0.00000225. The molecule has 0 aliphatic carbocycles. The van der Waals surface area contributed by atoms with E-state index >= 15 is 0 Å². The van der Waals surface area contributed by atoms with Crippen LogP contribution in [0.3, 0.4) is 0 Å². The topological polar surface area (TPSA) is 80.0 Å². The number of hydrogen-bond acceptors (Lipinski definition) is 5. The molecule has 6 nitrogen and oxygen atoms in total. The molecule has 1 amide bonds. The Morgan fingerprint density at radius 1 is 1.48 bits per heavy atom. The van der Waals surface area contributed by atoms with Gasteiger partial charge in [0.05, 0.1) is 0 Å². The lowest BCUT2D eigenvalue weighted by atomic mass is 10.0. The van der Waals surface area contributed by atoms with Crippen molar-refractivity contribution in [3.63, 3.8) is 0 Å². The lowest BCUT2D eigenvalue weighted by Gasteiger charge is -2.17. The number of nitrogens with one attached hydrogen (secondary N) is 2. The number of nitrogens with zero attached hydrogens (tertiary/aromatic N) is 2. The van der Waals surface area contributed by atoms with Crippen molar-refractivity contribution in [1.82, 2.24) is 20.8 Å². The number of halogens is 2. The van der Waals surface area contributed by atoms with E-state index in [2.05, 4.69) is 20.8 Å². The number of aryl methyl sites for hydroxylation is 1. The van der Waals surface area contributed by atoms with Crippen LogP contribution in [0, 0.1) is 18.7 Å². The highest BCUT2D eigenvalue weighted by Crippen LogP contribution is 2.23. The summed E-state index contributed by atoms with van der Waals surface area (Å²) in [4.78, 5) is 16.5. The van der Waals surface area contributed by atoms with E-state index in [4.69, 9.17) is 4.52 Å². The largest absolute Gasteiger partial charge is 0.342 e. The second-order valence-corrected chi connectivity index (χ2v) is 6.09. The number of carbonyl (C=O) groups is 1. The smallest absolute Gasteiger partial charge is 0.223 e. The van der Waals surface area contributed by atoms with Crippen LogP contribution in [0.4, 0.5) is 4.39 Å². The van der Waals surface area contributed by atoms with E-state index in [1.807, 2.05) is 0 Å². The summed E-state index contributed by atoms with van der Waals surface area (Å²) in [7, 11) is 0. The highest BCUT2D eigenvalue weighted by molar-refractivity contribution is 5.85. The maximum Gasteiger partial charge on any atom is 0.223 e. The van der Waals surface area contributed by atoms with Gasteiger partial charge in [0.1, 0.15) is 11.9 Å². The molecule has 0 radical (unpaired) electrons. The lowest BCUT2D eigenvalue weighted by Crippen LogP contribution is -2.31. The van der Waals surface area contributed by atoms with Gasteiger partial charge in [-0.1, -0.05) is 23.4 Å². The second-order valence-electron chi connectivity index (χ2n) is 6.09. The van der Waals surface area contributed by atoms with Crippen LogP contribution in [0.25, 0.3) is 0 Å². The summed E-state index contributed by atoms with van der Waals surface area (Å²) in [6.45, 7) is 3.62. The number of hydrogen-bond donors (Lipinski definition) is 2. The summed E-state index contributed by atoms with van der Waals surface area (Å²) in [5.74, 6) is 0.601. The fraction of sp³-hybridized carbons (Fsp3) is 0.471. The van der Waals surface area contributed by atoms with Crippen molar-refractivity contribution in [2.45, 2.75) is 32.2 Å². The van der Waals surface area contributed by atoms with E-state index in [0.717, 1.165) is 25.9 Å². The van der Waals surface area contributed by atoms with Crippen LogP contribution < -0.4 is 10.6 Å². The van der Waals surface area contributed by atoms with E-state index < -0.39 is 11.9 Å². The van der Waals surface area contributed by atoms with E-state index in [0.29, 0.717) is 23.8 Å². The quantitative estimate of drug-likeness (QED) is 0.819. The van der Waals surface area contributed by atoms with Gasteiger partial charge in [0, 0.05) is 18.9 Å². The fourth-order valence-electron chi connectivity index (χ4n) is 2.95. The molecule has 1 aliphatic rings. The molecule has 2 N–H and O–H groups in total. The van der Waals surface area contributed by atoms with Crippen LogP contribution in [0.2, 0.25) is 0 Å². The van der Waals surface area contributed by atoms with Crippen molar-refractivity contribution in [3.05, 3.63) is 47.4 Å². The summed E-state index contributed by atoms with van der Waals surface area (Å²) in [5, 5.41) is 9.98. The average molecular weight is 369 g/mol. The predicted octanol–water partition coefficient (Wildman–Crippen LogP) is 2.53. The third-order valence-electron chi connectivity index (χ3n) is 4.27. The zero-order valence-corrected chi connectivity index (χ0v) is 14.8. The average Bonchev–Trinajstić information content (AvgIpc) is 3.23. The lowest BCUT2D eigenvalue weighted by molar-refractivity contribution is -0.121. The number of carbonyl (C=O) groups excluding carboxylic acids is 1. The molecular formula is C17H22ClFN4O2. The van der Waals surface area contributed by atoms with Crippen LogP contribution in [-0.4, -0.2) is 29.1 Å². The van der Waals surface area contributed by atoms with Crippen LogP contribution in [-0.2, 0) is 4.79 Å². The molecule has 1 saturated heterocycles. The minimum absolute atomic E-state index is 0. The SMILES string of the molecule is Cc1nc(C(NC(=O)CCC2CCNC2)c2ccccc2F)no1.Cl. The van der Waals surface area contributed by atoms with Gasteiger partial charge in [-0.05, 0) is 37.9 Å². The molecule has 0 saturated carbocycles. The fourth-order valence-corrected chi connectivity index (χ4v) is 2.95. The van der Waals surface area contributed by atoms with Crippen LogP contribution in [0.5, 0.6) is 0 Å². The first-order chi connectivity index (χ1) is 11.6. The Morgan fingerprint density at radius 2 is 2.28 bits per heavy atom. The first-order valence-electron chi connectivity index (χ1n) is 8.18. The van der Waals surface area contributed by atoms with Crippen molar-refractivity contribution in [2.24, 2.45) is 5.92 Å². The molecule has 1 aromatic heterocycles. The second kappa shape index (κ2) is 8.92. The van der Waals surface area contributed by atoms with Crippen molar-refractivity contribution >= 4 is 18.3 Å². The minimum Gasteiger partial charge on any atom is -0.342 e. The number of amides is 1. The standard InChI is InChI=1S/C17H21FN4O2.ClH/c1-11-20-17(22-24-11)16(13-4-2-3-5-14(13)18)21-15(23)7-6-12-8-9-19-10-12;/h2-5,12,16,19H,6-10H2,1H3,(H,21,23);1H. The van der Waals surface area contributed by atoms with E-state index in [9.17, 15) is 9.18 Å². The molecule has 1 fully saturated rings. The summed E-state index contributed by atoms with van der Waals surface area (Å²) in [6.07, 6.45) is 2.30. The zero-order chi connectivity index (χ0) is 16.9. The number of aromatic nitrogens is 2. The van der Waals surface area contributed by atoms with Crippen molar-refractivity contribution < 1.29 is 13.7 Å². The molecule has 2 atom stereocenters. The van der Waals surface area contributed by atoms with Gasteiger partial charge in [-0.25, -0.2) is 4.39 Å². The van der Waals surface area contributed by atoms with Gasteiger partial charge in [-0.15, -0.1) is 12.4 Å². The Labute approximate surface area is 152 Å². The molecule has 136 valence electrons. The summed E-state index contributed by atoms with van der Waals surface area (Å²) < 4.78 is 19.2. The van der Waals surface area contributed by atoms with Crippen LogP contribution in [0.15, 0.2) is 28.8 Å². The normalized spacial score (nSPS) is 17.8. The third-order valence-corrected chi connectivity index (χ3v) is 4.27. The van der Waals surface area contributed by atoms with Gasteiger partial charge in [-0.2, -0.15) is 4.98 Å². The van der Waals surface area contributed by atoms with Gasteiger partial charge >= 0.3 is 0 Å². The molecule has 1 aliphatic heterocycles. The Hall–Kier alpha value is -1.99. The van der Waals surface area contributed by atoms with E-state index in [-0.39, 0.29) is 24.1 Å². The molecule has 2 heterocycles. The summed E-state index contributed by atoms with van der Waals surface area (Å²) in [6, 6.07) is 5.54. The van der Waals surface area contributed by atoms with E-state index in [1.165, 1.54) is 6.07 Å². The molecule has 25 heavy (non-hydrogen) atoms. The van der Waals surface area contributed by atoms with Crippen molar-refractivity contribution in [1.29, 1.82) is 0 Å². The van der Waals surface area contributed by atoms with E-state index in [1.54, 1.807) is 25.1 Å². The highest BCUT2D eigenvalue weighted by atomic mass is 35.5. The minimum atomic E-state index is -0.752. The molecule has 2 unspecified atom stereocenters. The molecule has 3 rings (SSSR count). The third kappa shape index (κ3) is 4.99. The van der Waals surface area contributed by atoms with Gasteiger partial charge in [-0.3, -0.25) is 4.79 Å². The monoisotopic (exact) mass is 368 g/mol. The van der Waals surface area contributed by atoms with Gasteiger partial charge < -0.3 is 15.2 Å². The van der Waals surface area contributed by atoms with Gasteiger partial charge in [0.2, 0.25) is 11.8 Å². The van der Waals surface area contributed by atoms with Crippen LogP contribution >= 0.6 is 12.4 Å². The Bertz CT molecular complexity index is 703.